The van der Waals surface area contributed by atoms with Crippen LogP contribution >= 0.6 is 0 Å². The third-order valence-corrected chi connectivity index (χ3v) is 4.43. The number of anilines is 3. The van der Waals surface area contributed by atoms with E-state index in [2.05, 4.69) is 52.9 Å². The minimum atomic E-state index is 0.284. The van der Waals surface area contributed by atoms with E-state index in [9.17, 15) is 0 Å². The second-order valence-electron chi connectivity index (χ2n) is 6.14. The van der Waals surface area contributed by atoms with Crippen LogP contribution in [0.3, 0.4) is 0 Å². The molecule has 118 valence electrons. The Morgan fingerprint density at radius 1 is 1.14 bits per heavy atom. The maximum Gasteiger partial charge on any atom is 0.231 e. The fourth-order valence-corrected chi connectivity index (χ4v) is 3.14. The Hall–Kier alpha value is -1.59. The van der Waals surface area contributed by atoms with Crippen LogP contribution < -0.4 is 16.0 Å². The fourth-order valence-electron chi connectivity index (χ4n) is 3.14. The minimum Gasteiger partial charge on any atom is -0.368 e. The summed E-state index contributed by atoms with van der Waals surface area (Å²) in [6.45, 7) is 10.5. The van der Waals surface area contributed by atoms with E-state index in [1.54, 1.807) is 0 Å². The van der Waals surface area contributed by atoms with Crippen molar-refractivity contribution in [2.45, 2.75) is 53.0 Å². The Labute approximate surface area is 127 Å². The average molecular weight is 292 g/mol. The maximum atomic E-state index is 5.84. The van der Waals surface area contributed by atoms with Gasteiger partial charge in [0.05, 0.1) is 0 Å². The van der Waals surface area contributed by atoms with Gasteiger partial charge in [-0.25, -0.2) is 0 Å². The zero-order valence-electron chi connectivity index (χ0n) is 13.6. The number of nitrogens with zero attached hydrogens (tertiary/aromatic N) is 4. The van der Waals surface area contributed by atoms with E-state index in [1.165, 1.54) is 12.8 Å². The number of nitrogens with two attached hydrogens (primary N) is 1. The first kappa shape index (κ1) is 15.8. The molecule has 2 rings (SSSR count). The zero-order valence-corrected chi connectivity index (χ0v) is 13.6. The highest BCUT2D eigenvalue weighted by Crippen LogP contribution is 2.30. The molecular weight excluding hydrogens is 264 g/mol. The van der Waals surface area contributed by atoms with Gasteiger partial charge in [0.15, 0.2) is 0 Å². The molecule has 1 aromatic rings. The quantitative estimate of drug-likeness (QED) is 0.868. The van der Waals surface area contributed by atoms with Crippen LogP contribution in [-0.4, -0.2) is 34.1 Å². The number of hydrogen-bond donors (Lipinski definition) is 2. The molecule has 21 heavy (non-hydrogen) atoms. The van der Waals surface area contributed by atoms with Gasteiger partial charge in [0, 0.05) is 19.1 Å². The summed E-state index contributed by atoms with van der Waals surface area (Å²) >= 11 is 0. The monoisotopic (exact) mass is 292 g/mol. The highest BCUT2D eigenvalue weighted by Gasteiger charge is 2.26. The summed E-state index contributed by atoms with van der Waals surface area (Å²) in [5.41, 5.74) is 5.84. The Bertz CT molecular complexity index is 459. The van der Waals surface area contributed by atoms with Gasteiger partial charge in [0.2, 0.25) is 17.8 Å². The van der Waals surface area contributed by atoms with Gasteiger partial charge in [0.1, 0.15) is 0 Å². The van der Waals surface area contributed by atoms with Gasteiger partial charge in [-0.05, 0) is 44.9 Å². The largest absolute Gasteiger partial charge is 0.368 e. The Kier molecular flexibility index (Phi) is 5.20. The third-order valence-electron chi connectivity index (χ3n) is 4.43. The summed E-state index contributed by atoms with van der Waals surface area (Å²) in [4.78, 5) is 15.1. The predicted molar refractivity (Wildman–Crippen MR) is 87.4 cm³/mol. The molecule has 3 N–H and O–H groups in total. The topological polar surface area (TPSA) is 80.0 Å². The molecular formula is C15H28N6. The molecule has 1 aliphatic carbocycles. The molecule has 0 amide bonds. The third kappa shape index (κ3) is 3.95. The van der Waals surface area contributed by atoms with E-state index in [-0.39, 0.29) is 5.95 Å². The Balaban J connectivity index is 2.12. The predicted octanol–water partition coefficient (Wildman–Crippen LogP) is 2.54. The van der Waals surface area contributed by atoms with Crippen LogP contribution in [0, 0.1) is 11.8 Å². The van der Waals surface area contributed by atoms with Gasteiger partial charge in [-0.2, -0.15) is 15.0 Å². The first-order valence-corrected chi connectivity index (χ1v) is 8.06. The van der Waals surface area contributed by atoms with Crippen molar-refractivity contribution >= 4 is 17.8 Å². The Morgan fingerprint density at radius 2 is 1.86 bits per heavy atom. The Morgan fingerprint density at radius 3 is 2.48 bits per heavy atom. The smallest absolute Gasteiger partial charge is 0.231 e. The van der Waals surface area contributed by atoms with Crippen LogP contribution in [0.2, 0.25) is 0 Å². The standard InChI is InChI=1S/C15H28N6/c1-5-21(6-2)15-19-13(16)18-14(20-15)17-12-8-7-10(3)9-11(12)4/h10-12H,5-9H2,1-4H3,(H3,16,17,18,19,20). The lowest BCUT2D eigenvalue weighted by molar-refractivity contribution is 0.276. The van der Waals surface area contributed by atoms with Crippen LogP contribution in [0.4, 0.5) is 17.8 Å². The number of rotatable bonds is 5. The van der Waals surface area contributed by atoms with Crippen LogP contribution in [0.25, 0.3) is 0 Å². The van der Waals surface area contributed by atoms with Crippen molar-refractivity contribution in [3.05, 3.63) is 0 Å². The van der Waals surface area contributed by atoms with Crippen molar-refractivity contribution in [1.29, 1.82) is 0 Å². The molecule has 6 nitrogen and oxygen atoms in total. The zero-order chi connectivity index (χ0) is 15.4. The maximum absolute atomic E-state index is 5.84. The molecule has 1 fully saturated rings. The van der Waals surface area contributed by atoms with E-state index in [4.69, 9.17) is 5.73 Å². The summed E-state index contributed by atoms with van der Waals surface area (Å²) in [5, 5.41) is 3.47. The van der Waals surface area contributed by atoms with Crippen LogP contribution in [0.15, 0.2) is 0 Å². The SMILES string of the molecule is CCN(CC)c1nc(N)nc(NC2CCC(C)CC2C)n1. The second kappa shape index (κ2) is 6.91. The van der Waals surface area contributed by atoms with Crippen molar-refractivity contribution in [3.63, 3.8) is 0 Å². The first-order valence-electron chi connectivity index (χ1n) is 8.06. The summed E-state index contributed by atoms with van der Waals surface area (Å²) in [7, 11) is 0. The average Bonchev–Trinajstić information content (AvgIpc) is 2.43. The number of nitrogen functional groups attached to an aromatic ring is 1. The molecule has 0 radical (unpaired) electrons. The van der Waals surface area contributed by atoms with Crippen LogP contribution in [0.5, 0.6) is 0 Å². The summed E-state index contributed by atoms with van der Waals surface area (Å²) in [5.74, 6) is 2.99. The highest BCUT2D eigenvalue weighted by atomic mass is 15.3. The molecule has 1 saturated carbocycles. The summed E-state index contributed by atoms with van der Waals surface area (Å²) in [6.07, 6.45) is 3.67. The molecule has 0 aromatic carbocycles. The normalized spacial score (nSPS) is 25.6. The molecule has 3 atom stereocenters. The van der Waals surface area contributed by atoms with Crippen molar-refractivity contribution < 1.29 is 0 Å². The summed E-state index contributed by atoms with van der Waals surface area (Å²) in [6, 6.07) is 0.424. The lowest BCUT2D eigenvalue weighted by atomic mass is 9.80. The number of nitrogens with one attached hydrogen (secondary N) is 1. The van der Waals surface area contributed by atoms with Gasteiger partial charge in [-0.3, -0.25) is 0 Å². The first-order chi connectivity index (χ1) is 10.0. The molecule has 3 unspecified atom stereocenters. The molecule has 6 heteroatoms. The van der Waals surface area contributed by atoms with Gasteiger partial charge in [-0.15, -0.1) is 0 Å². The van der Waals surface area contributed by atoms with Gasteiger partial charge in [-0.1, -0.05) is 13.8 Å². The van der Waals surface area contributed by atoms with Crippen molar-refractivity contribution in [2.75, 3.05) is 29.0 Å². The van der Waals surface area contributed by atoms with Crippen LogP contribution in [-0.2, 0) is 0 Å². The van der Waals surface area contributed by atoms with E-state index in [0.29, 0.717) is 23.9 Å². The van der Waals surface area contributed by atoms with Gasteiger partial charge in [0.25, 0.3) is 0 Å². The van der Waals surface area contributed by atoms with E-state index in [0.717, 1.165) is 25.4 Å². The van der Waals surface area contributed by atoms with Gasteiger partial charge < -0.3 is 16.0 Å². The molecule has 1 aliphatic rings. The summed E-state index contributed by atoms with van der Waals surface area (Å²) < 4.78 is 0. The van der Waals surface area contributed by atoms with Gasteiger partial charge >= 0.3 is 0 Å². The fraction of sp³-hybridized carbons (Fsp3) is 0.800. The molecule has 1 aromatic heterocycles. The molecule has 0 bridgehead atoms. The molecule has 0 saturated heterocycles. The van der Waals surface area contributed by atoms with Crippen molar-refractivity contribution in [1.82, 2.24) is 15.0 Å². The lowest BCUT2D eigenvalue weighted by Gasteiger charge is -2.33. The molecule has 1 heterocycles. The minimum absolute atomic E-state index is 0.284. The lowest BCUT2D eigenvalue weighted by Crippen LogP contribution is -2.34. The van der Waals surface area contributed by atoms with Crippen molar-refractivity contribution in [3.8, 4) is 0 Å². The number of hydrogen-bond acceptors (Lipinski definition) is 6. The highest BCUT2D eigenvalue weighted by molar-refractivity contribution is 5.42. The van der Waals surface area contributed by atoms with Crippen molar-refractivity contribution in [2.24, 2.45) is 11.8 Å². The second-order valence-corrected chi connectivity index (χ2v) is 6.14. The van der Waals surface area contributed by atoms with E-state index >= 15 is 0 Å². The van der Waals surface area contributed by atoms with Crippen LogP contribution in [0.1, 0.15) is 47.0 Å². The number of aromatic nitrogens is 3. The molecule has 0 aliphatic heterocycles. The molecule has 0 spiro atoms. The van der Waals surface area contributed by atoms with E-state index < -0.39 is 0 Å². The van der Waals surface area contributed by atoms with E-state index in [1.807, 2.05) is 0 Å².